The summed E-state index contributed by atoms with van der Waals surface area (Å²) in [5, 5.41) is 7.44. The van der Waals surface area contributed by atoms with E-state index in [9.17, 15) is 0 Å². The van der Waals surface area contributed by atoms with E-state index in [1.54, 1.807) is 0 Å². The molecule has 3 rings (SSSR count). The number of rotatable bonds is 3. The third-order valence-corrected chi connectivity index (χ3v) is 4.68. The zero-order valence-electron chi connectivity index (χ0n) is 12.1. The summed E-state index contributed by atoms with van der Waals surface area (Å²) in [6.45, 7) is 4.76. The van der Waals surface area contributed by atoms with Crippen molar-refractivity contribution in [2.45, 2.75) is 19.8 Å². The zero-order chi connectivity index (χ0) is 14.8. The molecule has 1 aliphatic heterocycles. The number of nitrogens with one attached hydrogen (secondary N) is 1. The summed E-state index contributed by atoms with van der Waals surface area (Å²) in [6, 6.07) is 6.22. The molecule has 3 N–H and O–H groups in total. The second-order valence-electron chi connectivity index (χ2n) is 5.66. The molecular weight excluding hydrogens is 330 g/mol. The lowest BCUT2D eigenvalue weighted by Crippen LogP contribution is -2.38. The molecule has 21 heavy (non-hydrogen) atoms. The van der Waals surface area contributed by atoms with Crippen molar-refractivity contribution in [3.05, 3.63) is 28.2 Å². The van der Waals surface area contributed by atoms with Gasteiger partial charge < -0.3 is 10.6 Å². The van der Waals surface area contributed by atoms with Gasteiger partial charge in [0, 0.05) is 23.1 Å². The van der Waals surface area contributed by atoms with Crippen LogP contribution in [0.15, 0.2) is 22.7 Å². The van der Waals surface area contributed by atoms with Gasteiger partial charge in [0.2, 0.25) is 5.95 Å². The van der Waals surface area contributed by atoms with Crippen molar-refractivity contribution in [1.82, 2.24) is 15.2 Å². The average molecular weight is 350 g/mol. The Morgan fingerprint density at radius 3 is 3.14 bits per heavy atom. The number of nitrogens with zero attached hydrogens (tertiary/aromatic N) is 3. The number of aromatic amines is 1. The van der Waals surface area contributed by atoms with Crippen LogP contribution in [0.3, 0.4) is 0 Å². The molecule has 1 fully saturated rings. The maximum Gasteiger partial charge on any atom is 0.245 e. The van der Waals surface area contributed by atoms with Crippen LogP contribution in [0.1, 0.15) is 18.4 Å². The maximum absolute atomic E-state index is 5.79. The van der Waals surface area contributed by atoms with Gasteiger partial charge in [-0.25, -0.2) is 0 Å². The van der Waals surface area contributed by atoms with Crippen molar-refractivity contribution in [3.63, 3.8) is 0 Å². The highest BCUT2D eigenvalue weighted by atomic mass is 79.9. The molecule has 112 valence electrons. The van der Waals surface area contributed by atoms with Gasteiger partial charge in [0.1, 0.15) is 0 Å². The zero-order valence-corrected chi connectivity index (χ0v) is 13.7. The molecule has 1 unspecified atom stereocenters. The van der Waals surface area contributed by atoms with E-state index in [1.807, 2.05) is 6.07 Å². The van der Waals surface area contributed by atoms with Crippen LogP contribution in [0.2, 0.25) is 0 Å². The molecule has 2 aromatic rings. The molecular formula is C15H20BrN5. The van der Waals surface area contributed by atoms with Crippen LogP contribution in [-0.2, 0) is 0 Å². The normalized spacial score (nSPS) is 19.0. The highest BCUT2D eigenvalue weighted by Gasteiger charge is 2.22. The Labute approximate surface area is 133 Å². The first-order chi connectivity index (χ1) is 10.2. The Bertz CT molecular complexity index is 624. The minimum atomic E-state index is 0.548. The lowest BCUT2D eigenvalue weighted by atomic mass is 9.99. The van der Waals surface area contributed by atoms with Crippen LogP contribution in [0.25, 0.3) is 11.4 Å². The number of hydrogen-bond donors (Lipinski definition) is 2. The number of aryl methyl sites for hydroxylation is 1. The van der Waals surface area contributed by atoms with Crippen molar-refractivity contribution in [2.75, 3.05) is 24.5 Å². The molecule has 1 saturated heterocycles. The number of piperidine rings is 1. The summed E-state index contributed by atoms with van der Waals surface area (Å²) in [5.41, 5.74) is 8.04. The molecule has 0 aliphatic carbocycles. The summed E-state index contributed by atoms with van der Waals surface area (Å²) in [6.07, 6.45) is 2.35. The fourth-order valence-electron chi connectivity index (χ4n) is 2.77. The fourth-order valence-corrected chi connectivity index (χ4v) is 3.21. The average Bonchev–Trinajstić information content (AvgIpc) is 2.99. The van der Waals surface area contributed by atoms with Crippen molar-refractivity contribution in [2.24, 2.45) is 11.7 Å². The number of benzene rings is 1. The van der Waals surface area contributed by atoms with Crippen molar-refractivity contribution in [3.8, 4) is 11.4 Å². The first-order valence-electron chi connectivity index (χ1n) is 7.31. The molecule has 0 radical (unpaired) electrons. The minimum Gasteiger partial charge on any atom is -0.339 e. The molecule has 0 amide bonds. The minimum absolute atomic E-state index is 0.548. The third kappa shape index (κ3) is 3.11. The van der Waals surface area contributed by atoms with E-state index < -0.39 is 0 Å². The van der Waals surface area contributed by atoms with Crippen molar-refractivity contribution < 1.29 is 0 Å². The van der Waals surface area contributed by atoms with Gasteiger partial charge in [-0.05, 0) is 44.4 Å². The second-order valence-corrected chi connectivity index (χ2v) is 6.51. The smallest absolute Gasteiger partial charge is 0.245 e. The standard InChI is InChI=1S/C15H20BrN5/c1-10-4-5-13(16)12(7-10)14-18-15(20-19-14)21-6-2-3-11(8-17)9-21/h4-5,7,11H,2-3,6,8-9,17H2,1H3,(H,18,19,20). The fraction of sp³-hybridized carbons (Fsp3) is 0.467. The Hall–Kier alpha value is -1.40. The second kappa shape index (κ2) is 6.15. The Morgan fingerprint density at radius 1 is 1.48 bits per heavy atom. The first-order valence-corrected chi connectivity index (χ1v) is 8.10. The van der Waals surface area contributed by atoms with Crippen molar-refractivity contribution >= 4 is 21.9 Å². The van der Waals surface area contributed by atoms with E-state index >= 15 is 0 Å². The Kier molecular flexibility index (Phi) is 4.26. The van der Waals surface area contributed by atoms with E-state index in [2.05, 4.69) is 55.1 Å². The highest BCUT2D eigenvalue weighted by molar-refractivity contribution is 9.10. The van der Waals surface area contributed by atoms with E-state index in [-0.39, 0.29) is 0 Å². The molecule has 0 saturated carbocycles. The number of nitrogens with two attached hydrogens (primary N) is 1. The predicted molar refractivity (Wildman–Crippen MR) is 88.2 cm³/mol. The SMILES string of the molecule is Cc1ccc(Br)c(-c2nc(N3CCCC(CN)C3)n[nH]2)c1. The molecule has 5 nitrogen and oxygen atoms in total. The molecule has 0 spiro atoms. The molecule has 2 heterocycles. The van der Waals surface area contributed by atoms with Gasteiger partial charge in [0.25, 0.3) is 0 Å². The van der Waals surface area contributed by atoms with Crippen LogP contribution in [0.4, 0.5) is 5.95 Å². The van der Waals surface area contributed by atoms with Crippen LogP contribution < -0.4 is 10.6 Å². The van der Waals surface area contributed by atoms with Crippen LogP contribution in [0, 0.1) is 12.8 Å². The highest BCUT2D eigenvalue weighted by Crippen LogP contribution is 2.28. The van der Waals surface area contributed by atoms with Gasteiger partial charge in [0.15, 0.2) is 5.82 Å². The summed E-state index contributed by atoms with van der Waals surface area (Å²) in [5.74, 6) is 2.12. The quantitative estimate of drug-likeness (QED) is 0.893. The van der Waals surface area contributed by atoms with Gasteiger partial charge in [-0.2, -0.15) is 4.98 Å². The van der Waals surface area contributed by atoms with Gasteiger partial charge in [0.05, 0.1) is 0 Å². The summed E-state index contributed by atoms with van der Waals surface area (Å²) >= 11 is 3.58. The summed E-state index contributed by atoms with van der Waals surface area (Å²) in [4.78, 5) is 6.89. The number of H-pyrrole nitrogens is 1. The monoisotopic (exact) mass is 349 g/mol. The molecule has 1 aromatic carbocycles. The van der Waals surface area contributed by atoms with Crippen LogP contribution >= 0.6 is 15.9 Å². The number of aromatic nitrogens is 3. The molecule has 1 aromatic heterocycles. The Balaban J connectivity index is 1.84. The van der Waals surface area contributed by atoms with Crippen LogP contribution in [-0.4, -0.2) is 34.8 Å². The van der Waals surface area contributed by atoms with Gasteiger partial charge in [-0.15, -0.1) is 5.10 Å². The van der Waals surface area contributed by atoms with E-state index in [1.165, 1.54) is 12.0 Å². The number of halogens is 1. The lowest BCUT2D eigenvalue weighted by Gasteiger charge is -2.31. The third-order valence-electron chi connectivity index (χ3n) is 3.99. The van der Waals surface area contributed by atoms with Crippen molar-refractivity contribution in [1.29, 1.82) is 0 Å². The maximum atomic E-state index is 5.79. The Morgan fingerprint density at radius 2 is 2.33 bits per heavy atom. The van der Waals surface area contributed by atoms with E-state index in [0.717, 1.165) is 47.9 Å². The van der Waals surface area contributed by atoms with E-state index in [4.69, 9.17) is 5.73 Å². The summed E-state index contributed by atoms with van der Waals surface area (Å²) < 4.78 is 1.02. The summed E-state index contributed by atoms with van der Waals surface area (Å²) in [7, 11) is 0. The predicted octanol–water partition coefficient (Wildman–Crippen LogP) is 2.72. The molecule has 1 atom stereocenters. The topological polar surface area (TPSA) is 70.8 Å². The lowest BCUT2D eigenvalue weighted by molar-refractivity contribution is 0.420. The first kappa shape index (κ1) is 14.5. The van der Waals surface area contributed by atoms with Gasteiger partial charge in [-0.1, -0.05) is 27.6 Å². The molecule has 0 bridgehead atoms. The van der Waals surface area contributed by atoms with Gasteiger partial charge >= 0.3 is 0 Å². The van der Waals surface area contributed by atoms with Gasteiger partial charge in [-0.3, -0.25) is 5.10 Å². The number of anilines is 1. The largest absolute Gasteiger partial charge is 0.339 e. The molecule has 6 heteroatoms. The van der Waals surface area contributed by atoms with E-state index in [0.29, 0.717) is 5.92 Å². The van der Waals surface area contributed by atoms with Crippen LogP contribution in [0.5, 0.6) is 0 Å². The molecule has 1 aliphatic rings. The number of hydrogen-bond acceptors (Lipinski definition) is 4.